The first-order valence-electron chi connectivity index (χ1n) is 11.1. The molecule has 3 rings (SSSR count). The van der Waals surface area contributed by atoms with E-state index in [1.807, 2.05) is 36.4 Å². The second kappa shape index (κ2) is 14.6. The monoisotopic (exact) mass is 551 g/mol. The first kappa shape index (κ1) is 29.3. The number of benzene rings is 3. The number of phenolic OH excluding ortho intramolecular Hbond substituents is 1. The Morgan fingerprint density at radius 1 is 1.00 bits per heavy atom. The predicted octanol–water partition coefficient (Wildman–Crippen LogP) is 5.22. The van der Waals surface area contributed by atoms with Crippen molar-refractivity contribution < 1.29 is 19.4 Å². The number of halogens is 3. The van der Waals surface area contributed by atoms with Gasteiger partial charge in [-0.05, 0) is 43.1 Å². The number of amides is 2. The summed E-state index contributed by atoms with van der Waals surface area (Å²) in [7, 11) is 0. The van der Waals surface area contributed by atoms with E-state index in [-0.39, 0.29) is 40.2 Å². The molecular formula is C26H28Cl3N3O4. The van der Waals surface area contributed by atoms with Crippen LogP contribution in [0.3, 0.4) is 0 Å². The van der Waals surface area contributed by atoms with Crippen molar-refractivity contribution in [3.05, 3.63) is 87.9 Å². The van der Waals surface area contributed by atoms with Gasteiger partial charge in [-0.2, -0.15) is 0 Å². The smallest absolute Gasteiger partial charge is 0.255 e. The molecule has 0 aliphatic heterocycles. The Bertz CT molecular complexity index is 1150. The lowest BCUT2D eigenvalue weighted by Crippen LogP contribution is -2.45. The summed E-state index contributed by atoms with van der Waals surface area (Å²) in [4.78, 5) is 26.2. The number of carbonyl (C=O) groups excluding carboxylic acids is 2. The molecule has 0 radical (unpaired) electrons. The molecule has 0 saturated carbocycles. The number of rotatable bonds is 11. The lowest BCUT2D eigenvalue weighted by Gasteiger charge is -2.20. The highest BCUT2D eigenvalue weighted by molar-refractivity contribution is 6.39. The number of hydrogen-bond acceptors (Lipinski definition) is 5. The van der Waals surface area contributed by atoms with Gasteiger partial charge in [0.15, 0.2) is 11.5 Å². The van der Waals surface area contributed by atoms with Crippen LogP contribution in [-0.2, 0) is 11.2 Å². The molecule has 0 aliphatic carbocycles. The number of unbranched alkanes of at least 4 members (excludes halogenated alkanes) is 1. The Labute approximate surface area is 226 Å². The number of ether oxygens (including phenoxy) is 1. The molecule has 0 bridgehead atoms. The number of para-hydroxylation sites is 1. The minimum absolute atomic E-state index is 0. The first-order valence-corrected chi connectivity index (χ1v) is 11.9. The average Bonchev–Trinajstić information content (AvgIpc) is 2.86. The van der Waals surface area contributed by atoms with Gasteiger partial charge in [-0.3, -0.25) is 9.59 Å². The van der Waals surface area contributed by atoms with Crippen LogP contribution in [0, 0.1) is 0 Å². The number of nitrogens with two attached hydrogens (primary N) is 1. The van der Waals surface area contributed by atoms with Crippen molar-refractivity contribution in [3.63, 3.8) is 0 Å². The summed E-state index contributed by atoms with van der Waals surface area (Å²) in [5, 5.41) is 16.0. The van der Waals surface area contributed by atoms with E-state index in [2.05, 4.69) is 10.6 Å². The summed E-state index contributed by atoms with van der Waals surface area (Å²) in [6.45, 7) is 0.831. The van der Waals surface area contributed by atoms with Gasteiger partial charge >= 0.3 is 0 Å². The first-order chi connectivity index (χ1) is 16.9. The average molecular weight is 553 g/mol. The van der Waals surface area contributed by atoms with E-state index >= 15 is 0 Å². The minimum atomic E-state index is -0.936. The molecule has 7 nitrogen and oxygen atoms in total. The van der Waals surface area contributed by atoms with Crippen LogP contribution in [0.15, 0.2) is 66.7 Å². The molecule has 2 amide bonds. The van der Waals surface area contributed by atoms with E-state index < -0.39 is 23.6 Å². The highest BCUT2D eigenvalue weighted by Gasteiger charge is 2.26. The number of phenols is 1. The van der Waals surface area contributed by atoms with Crippen LogP contribution in [0.4, 0.5) is 5.69 Å². The highest BCUT2D eigenvalue weighted by atomic mass is 35.5. The molecule has 3 aromatic rings. The van der Waals surface area contributed by atoms with Crippen molar-refractivity contribution in [2.24, 2.45) is 5.73 Å². The van der Waals surface area contributed by atoms with E-state index in [1.54, 1.807) is 24.3 Å². The molecule has 10 heteroatoms. The summed E-state index contributed by atoms with van der Waals surface area (Å²) in [6.07, 6.45) is 1.68. The van der Waals surface area contributed by atoms with E-state index in [0.717, 1.165) is 12.0 Å². The van der Waals surface area contributed by atoms with Crippen LogP contribution in [0.2, 0.25) is 10.0 Å². The molecule has 3 aromatic carbocycles. The van der Waals surface area contributed by atoms with Gasteiger partial charge in [-0.15, -0.1) is 12.4 Å². The quantitative estimate of drug-likeness (QED) is 0.244. The molecule has 0 saturated heterocycles. The van der Waals surface area contributed by atoms with Crippen LogP contribution in [-0.4, -0.2) is 36.1 Å². The fourth-order valence-corrected chi connectivity index (χ4v) is 3.93. The third-order valence-corrected chi connectivity index (χ3v) is 5.82. The molecular weight excluding hydrogens is 525 g/mol. The third kappa shape index (κ3) is 8.03. The lowest BCUT2D eigenvalue weighted by atomic mass is 10.0. The van der Waals surface area contributed by atoms with Crippen LogP contribution in [0.25, 0.3) is 0 Å². The Balaban J connectivity index is 0.00000456. The molecule has 0 unspecified atom stereocenters. The fraction of sp³-hybridized carbons (Fsp3) is 0.231. The Hall–Kier alpha value is -2.97. The maximum Gasteiger partial charge on any atom is 0.255 e. The second-order valence-corrected chi connectivity index (χ2v) is 8.60. The molecule has 0 spiro atoms. The van der Waals surface area contributed by atoms with Gasteiger partial charge < -0.3 is 26.2 Å². The predicted molar refractivity (Wildman–Crippen MR) is 146 cm³/mol. The minimum Gasteiger partial charge on any atom is -0.505 e. The van der Waals surface area contributed by atoms with E-state index in [0.29, 0.717) is 25.3 Å². The van der Waals surface area contributed by atoms with Crippen LogP contribution in [0.1, 0.15) is 28.8 Å². The van der Waals surface area contributed by atoms with Gasteiger partial charge in [0, 0.05) is 12.1 Å². The summed E-state index contributed by atoms with van der Waals surface area (Å²) < 4.78 is 5.57. The Morgan fingerprint density at radius 3 is 2.28 bits per heavy atom. The van der Waals surface area contributed by atoms with Gasteiger partial charge in [-0.25, -0.2) is 0 Å². The summed E-state index contributed by atoms with van der Waals surface area (Å²) in [5.41, 5.74) is 6.75. The van der Waals surface area contributed by atoms with Gasteiger partial charge in [-0.1, -0.05) is 71.7 Å². The van der Waals surface area contributed by atoms with Crippen molar-refractivity contribution in [2.75, 3.05) is 18.5 Å². The number of anilines is 1. The van der Waals surface area contributed by atoms with Gasteiger partial charge in [0.2, 0.25) is 5.91 Å². The number of carbonyl (C=O) groups is 2. The maximum absolute atomic E-state index is 13.1. The molecule has 5 N–H and O–H groups in total. The van der Waals surface area contributed by atoms with E-state index in [4.69, 9.17) is 33.7 Å². The molecule has 36 heavy (non-hydrogen) atoms. The van der Waals surface area contributed by atoms with Crippen LogP contribution >= 0.6 is 35.6 Å². The number of hydrogen-bond donors (Lipinski definition) is 4. The number of aromatic hydroxyl groups is 1. The van der Waals surface area contributed by atoms with Crippen molar-refractivity contribution in [2.45, 2.75) is 25.3 Å². The molecule has 0 aliphatic rings. The van der Waals surface area contributed by atoms with Crippen molar-refractivity contribution in [1.82, 2.24) is 5.32 Å². The summed E-state index contributed by atoms with van der Waals surface area (Å²) in [6, 6.07) is 18.5. The topological polar surface area (TPSA) is 114 Å². The molecule has 1 atom stereocenters. The van der Waals surface area contributed by atoms with Crippen LogP contribution < -0.4 is 21.1 Å². The fourth-order valence-electron chi connectivity index (χ4n) is 3.36. The van der Waals surface area contributed by atoms with Gasteiger partial charge in [0.05, 0.1) is 17.2 Å². The van der Waals surface area contributed by atoms with Gasteiger partial charge in [0.25, 0.3) is 5.91 Å². The largest absolute Gasteiger partial charge is 0.505 e. The zero-order valence-electron chi connectivity index (χ0n) is 19.4. The zero-order valence-corrected chi connectivity index (χ0v) is 21.7. The van der Waals surface area contributed by atoms with E-state index in [9.17, 15) is 14.7 Å². The normalized spacial score (nSPS) is 11.2. The SMILES string of the molecule is Cl.NCCCCOc1c(Cl)cc(C(=O)N[C@@H](Cc2ccccc2)C(=O)Nc2ccccc2)c(O)c1Cl. The molecule has 192 valence electrons. The number of nitrogens with one attached hydrogen (secondary N) is 2. The van der Waals surface area contributed by atoms with Crippen LogP contribution in [0.5, 0.6) is 11.5 Å². The molecule has 0 fully saturated rings. The summed E-state index contributed by atoms with van der Waals surface area (Å²) in [5.74, 6) is -1.51. The van der Waals surface area contributed by atoms with E-state index in [1.165, 1.54) is 6.07 Å². The molecule has 0 aromatic heterocycles. The maximum atomic E-state index is 13.1. The Morgan fingerprint density at radius 2 is 1.64 bits per heavy atom. The molecule has 0 heterocycles. The van der Waals surface area contributed by atoms with Crippen molar-refractivity contribution in [1.29, 1.82) is 0 Å². The van der Waals surface area contributed by atoms with Crippen molar-refractivity contribution >= 4 is 53.1 Å². The lowest BCUT2D eigenvalue weighted by molar-refractivity contribution is -0.118. The Kier molecular flexibility index (Phi) is 11.8. The highest BCUT2D eigenvalue weighted by Crippen LogP contribution is 2.42. The third-order valence-electron chi connectivity index (χ3n) is 5.19. The zero-order chi connectivity index (χ0) is 25.2. The van der Waals surface area contributed by atoms with Gasteiger partial charge in [0.1, 0.15) is 11.1 Å². The summed E-state index contributed by atoms with van der Waals surface area (Å²) >= 11 is 12.5. The standard InChI is InChI=1S/C26H27Cl2N3O4.ClH/c27-20-16-19(23(32)22(28)24(20)35-14-8-7-13-29)25(33)31-21(15-17-9-3-1-4-10-17)26(34)30-18-11-5-2-6-12-18;/h1-6,9-12,16,21,32H,7-8,13-15,29H2,(H,30,34)(H,31,33);1H/t21-;/m0./s1. The second-order valence-electron chi connectivity index (χ2n) is 7.81. The van der Waals surface area contributed by atoms with Crippen molar-refractivity contribution in [3.8, 4) is 11.5 Å².